The maximum absolute atomic E-state index is 12.8. The zero-order valence-electron chi connectivity index (χ0n) is 44.4. The van der Waals surface area contributed by atoms with Crippen molar-refractivity contribution in [3.05, 3.63) is 60.8 Å². The molecule has 6 heteroatoms. The topological polar surface area (TPSA) is 78.9 Å². The molecule has 0 aromatic heterocycles. The second-order valence-electron chi connectivity index (χ2n) is 19.2. The van der Waals surface area contributed by atoms with Gasteiger partial charge in [-0.25, -0.2) is 0 Å². The number of hydrogen-bond acceptors (Lipinski definition) is 6. The van der Waals surface area contributed by atoms with Gasteiger partial charge in [-0.15, -0.1) is 0 Å². The van der Waals surface area contributed by atoms with Crippen LogP contribution in [0.2, 0.25) is 0 Å². The van der Waals surface area contributed by atoms with Crippen LogP contribution in [0.1, 0.15) is 290 Å². The maximum Gasteiger partial charge on any atom is 0.306 e. The van der Waals surface area contributed by atoms with E-state index in [0.29, 0.717) is 19.3 Å². The van der Waals surface area contributed by atoms with Crippen LogP contribution in [0.15, 0.2) is 60.8 Å². The lowest BCUT2D eigenvalue weighted by atomic mass is 10.0. The summed E-state index contributed by atoms with van der Waals surface area (Å²) >= 11 is 0. The normalized spacial score (nSPS) is 12.5. The SMILES string of the molecule is CC/C=C\C/C=C\C/C=C\C/C=C\C/C=C\CCCCCCCCCCCCCCCC(=O)OCC(COC(=O)CCCCCCCCCCCC)OC(=O)CCCCCCCCCCCC. The Morgan fingerprint density at radius 1 is 0.313 bits per heavy atom. The Hall–Kier alpha value is -2.89. The van der Waals surface area contributed by atoms with Crippen LogP contribution in [0.5, 0.6) is 0 Å². The zero-order valence-corrected chi connectivity index (χ0v) is 44.4. The van der Waals surface area contributed by atoms with Gasteiger partial charge in [0.1, 0.15) is 13.2 Å². The molecule has 1 unspecified atom stereocenters. The van der Waals surface area contributed by atoms with E-state index in [2.05, 4.69) is 81.5 Å². The molecule has 0 aromatic rings. The minimum atomic E-state index is -0.767. The van der Waals surface area contributed by atoms with E-state index in [0.717, 1.165) is 89.9 Å². The van der Waals surface area contributed by atoms with Crippen molar-refractivity contribution in [1.29, 1.82) is 0 Å². The number of rotatable bonds is 52. The van der Waals surface area contributed by atoms with Crippen molar-refractivity contribution < 1.29 is 28.6 Å². The zero-order chi connectivity index (χ0) is 48.6. The van der Waals surface area contributed by atoms with Crippen LogP contribution >= 0.6 is 0 Å². The summed E-state index contributed by atoms with van der Waals surface area (Å²) < 4.78 is 16.8. The molecule has 0 saturated carbocycles. The Labute approximate surface area is 415 Å². The lowest BCUT2D eigenvalue weighted by Crippen LogP contribution is -2.30. The molecule has 0 N–H and O–H groups in total. The molecule has 6 nitrogen and oxygen atoms in total. The number of hydrogen-bond donors (Lipinski definition) is 0. The van der Waals surface area contributed by atoms with Crippen molar-refractivity contribution in [2.24, 2.45) is 0 Å². The summed E-state index contributed by atoms with van der Waals surface area (Å²) in [5.41, 5.74) is 0. The van der Waals surface area contributed by atoms with Gasteiger partial charge in [0.25, 0.3) is 0 Å². The number of allylic oxidation sites excluding steroid dienone is 10. The van der Waals surface area contributed by atoms with Gasteiger partial charge >= 0.3 is 17.9 Å². The van der Waals surface area contributed by atoms with Crippen LogP contribution < -0.4 is 0 Å². The number of unbranched alkanes of at least 4 members (excludes halogenated alkanes) is 31. The number of esters is 3. The summed E-state index contributed by atoms with van der Waals surface area (Å²) in [7, 11) is 0. The number of ether oxygens (including phenoxy) is 3. The van der Waals surface area contributed by atoms with Gasteiger partial charge in [0.05, 0.1) is 0 Å². The second kappa shape index (κ2) is 55.7. The first-order valence-corrected chi connectivity index (χ1v) is 28.8. The quantitative estimate of drug-likeness (QED) is 0.0262. The molecule has 0 rings (SSSR count). The van der Waals surface area contributed by atoms with Gasteiger partial charge in [-0.3, -0.25) is 14.4 Å². The largest absolute Gasteiger partial charge is 0.462 e. The van der Waals surface area contributed by atoms with Gasteiger partial charge in [-0.1, -0.05) is 268 Å². The Kier molecular flexibility index (Phi) is 53.3. The fraction of sp³-hybridized carbons (Fsp3) is 0.787. The van der Waals surface area contributed by atoms with Gasteiger partial charge in [0.2, 0.25) is 0 Å². The molecule has 0 bridgehead atoms. The van der Waals surface area contributed by atoms with Crippen LogP contribution in [-0.4, -0.2) is 37.2 Å². The molecule has 0 aromatic carbocycles. The molecule has 0 fully saturated rings. The highest BCUT2D eigenvalue weighted by Crippen LogP contribution is 2.16. The molecule has 0 radical (unpaired) electrons. The maximum atomic E-state index is 12.8. The van der Waals surface area contributed by atoms with E-state index in [1.807, 2.05) is 0 Å². The van der Waals surface area contributed by atoms with E-state index in [4.69, 9.17) is 14.2 Å². The van der Waals surface area contributed by atoms with Gasteiger partial charge < -0.3 is 14.2 Å². The average molecular weight is 938 g/mol. The van der Waals surface area contributed by atoms with E-state index in [1.54, 1.807) is 0 Å². The lowest BCUT2D eigenvalue weighted by Gasteiger charge is -2.18. The third-order valence-corrected chi connectivity index (χ3v) is 12.5. The Morgan fingerprint density at radius 3 is 0.910 bits per heavy atom. The van der Waals surface area contributed by atoms with Gasteiger partial charge in [-0.2, -0.15) is 0 Å². The van der Waals surface area contributed by atoms with E-state index < -0.39 is 6.10 Å². The van der Waals surface area contributed by atoms with Crippen molar-refractivity contribution in [2.45, 2.75) is 297 Å². The first-order chi connectivity index (χ1) is 33.0. The van der Waals surface area contributed by atoms with Gasteiger partial charge in [-0.05, 0) is 64.2 Å². The summed E-state index contributed by atoms with van der Waals surface area (Å²) in [5.74, 6) is -0.863. The molecule has 0 amide bonds. The first-order valence-electron chi connectivity index (χ1n) is 28.8. The molecule has 0 aliphatic carbocycles. The fourth-order valence-corrected chi connectivity index (χ4v) is 8.24. The molecule has 67 heavy (non-hydrogen) atoms. The van der Waals surface area contributed by atoms with Crippen molar-refractivity contribution >= 4 is 17.9 Å². The molecule has 0 heterocycles. The standard InChI is InChI=1S/C61H108O6/c1-4-7-10-13-16-19-22-23-24-25-26-27-28-29-30-31-32-33-34-35-36-37-38-39-40-43-45-48-51-54-60(63)66-57-58(67-61(64)55-52-49-46-42-21-18-15-12-9-6-3)56-65-59(62)53-50-47-44-41-20-17-14-11-8-5-2/h7,10,16,19,23-24,26-27,29-30,58H,4-6,8-9,11-15,17-18,20-22,25,28,31-57H2,1-3H3/b10-7-,19-16-,24-23-,27-26-,30-29-. The molecular weight excluding hydrogens is 829 g/mol. The number of carbonyl (C=O) groups excluding carboxylic acids is 3. The van der Waals surface area contributed by atoms with E-state index >= 15 is 0 Å². The third-order valence-electron chi connectivity index (χ3n) is 12.5. The van der Waals surface area contributed by atoms with Crippen molar-refractivity contribution in [3.63, 3.8) is 0 Å². The molecule has 0 saturated heterocycles. The second-order valence-corrected chi connectivity index (χ2v) is 19.2. The van der Waals surface area contributed by atoms with Crippen molar-refractivity contribution in [1.82, 2.24) is 0 Å². The third kappa shape index (κ3) is 53.9. The molecule has 0 aliphatic rings. The summed E-state index contributed by atoms with van der Waals surface area (Å²) in [6.45, 7) is 6.52. The Morgan fingerprint density at radius 2 is 0.582 bits per heavy atom. The Bertz CT molecular complexity index is 1210. The van der Waals surface area contributed by atoms with E-state index in [9.17, 15) is 14.4 Å². The van der Waals surface area contributed by atoms with Crippen LogP contribution in [-0.2, 0) is 28.6 Å². The predicted molar refractivity (Wildman–Crippen MR) is 288 cm³/mol. The summed E-state index contributed by atoms with van der Waals surface area (Å²) in [6.07, 6.45) is 69.5. The Balaban J connectivity index is 4.08. The van der Waals surface area contributed by atoms with E-state index in [1.165, 1.54) is 161 Å². The minimum absolute atomic E-state index is 0.0694. The monoisotopic (exact) mass is 937 g/mol. The molecule has 0 aliphatic heterocycles. The smallest absolute Gasteiger partial charge is 0.306 e. The van der Waals surface area contributed by atoms with Crippen LogP contribution in [0.4, 0.5) is 0 Å². The average Bonchev–Trinajstić information content (AvgIpc) is 3.33. The fourth-order valence-electron chi connectivity index (χ4n) is 8.24. The van der Waals surface area contributed by atoms with Crippen molar-refractivity contribution in [2.75, 3.05) is 13.2 Å². The predicted octanol–water partition coefficient (Wildman–Crippen LogP) is 19.2. The summed E-state index contributed by atoms with van der Waals surface area (Å²) in [5, 5.41) is 0. The lowest BCUT2D eigenvalue weighted by molar-refractivity contribution is -0.167. The summed E-state index contributed by atoms with van der Waals surface area (Å²) in [6, 6.07) is 0. The highest BCUT2D eigenvalue weighted by molar-refractivity contribution is 5.71. The van der Waals surface area contributed by atoms with Crippen LogP contribution in [0.3, 0.4) is 0 Å². The van der Waals surface area contributed by atoms with Crippen LogP contribution in [0, 0.1) is 0 Å². The first kappa shape index (κ1) is 64.1. The van der Waals surface area contributed by atoms with Crippen molar-refractivity contribution in [3.8, 4) is 0 Å². The van der Waals surface area contributed by atoms with E-state index in [-0.39, 0.29) is 31.1 Å². The molecule has 388 valence electrons. The molecule has 0 spiro atoms. The summed E-state index contributed by atoms with van der Waals surface area (Å²) in [4.78, 5) is 37.9. The molecular formula is C61H108O6. The highest BCUT2D eigenvalue weighted by atomic mass is 16.6. The highest BCUT2D eigenvalue weighted by Gasteiger charge is 2.19. The van der Waals surface area contributed by atoms with Gasteiger partial charge in [0, 0.05) is 19.3 Å². The minimum Gasteiger partial charge on any atom is -0.462 e. The number of carbonyl (C=O) groups is 3. The molecule has 1 atom stereocenters. The van der Waals surface area contributed by atoms with Gasteiger partial charge in [0.15, 0.2) is 6.10 Å². The van der Waals surface area contributed by atoms with Crippen LogP contribution in [0.25, 0.3) is 0 Å².